The van der Waals surface area contributed by atoms with Crippen LogP contribution in [-0.4, -0.2) is 56.6 Å². The van der Waals surface area contributed by atoms with Crippen molar-refractivity contribution < 1.29 is 18.7 Å². The Morgan fingerprint density at radius 1 is 1.13 bits per heavy atom. The Hall–Kier alpha value is -3.79. The van der Waals surface area contributed by atoms with Crippen molar-refractivity contribution >= 4 is 34.5 Å². The van der Waals surface area contributed by atoms with E-state index in [-0.39, 0.29) is 17.0 Å². The molecule has 5 heterocycles. The van der Waals surface area contributed by atoms with Gasteiger partial charge in [0, 0.05) is 38.5 Å². The predicted octanol–water partition coefficient (Wildman–Crippen LogP) is 4.33. The van der Waals surface area contributed by atoms with Gasteiger partial charge in [0.1, 0.15) is 24.8 Å². The van der Waals surface area contributed by atoms with Crippen molar-refractivity contribution in [1.29, 1.82) is 0 Å². The van der Waals surface area contributed by atoms with Gasteiger partial charge in [0.2, 0.25) is 11.2 Å². The molecule has 2 N–H and O–H groups in total. The number of benzene rings is 1. The van der Waals surface area contributed by atoms with Gasteiger partial charge in [-0.3, -0.25) is 4.79 Å². The average molecular weight is 537 g/mol. The maximum absolute atomic E-state index is 11.7. The molecule has 0 saturated carbocycles. The lowest BCUT2D eigenvalue weighted by molar-refractivity contribution is -0.130. The number of fused-ring (bicyclic) bond motifs is 2. The molecule has 0 radical (unpaired) electrons. The minimum absolute atomic E-state index is 0.0908. The fourth-order valence-corrected chi connectivity index (χ4v) is 5.54. The maximum Gasteiger partial charge on any atom is 0.226 e. The van der Waals surface area contributed by atoms with Crippen LogP contribution in [0.1, 0.15) is 37.6 Å². The van der Waals surface area contributed by atoms with E-state index >= 15 is 0 Å². The third kappa shape index (κ3) is 4.76. The lowest BCUT2D eigenvalue weighted by Gasteiger charge is -2.31. The molecular weight excluding hydrogens is 508 g/mol. The topological polar surface area (TPSA) is 122 Å². The molecule has 1 fully saturated rings. The first-order valence-corrected chi connectivity index (χ1v) is 13.2. The van der Waals surface area contributed by atoms with Crippen LogP contribution in [-0.2, 0) is 17.8 Å². The second-order valence-corrected chi connectivity index (χ2v) is 10.1. The van der Waals surface area contributed by atoms with E-state index in [1.54, 1.807) is 13.2 Å². The SMILES string of the molecule is CC(=O)N1CCC(CCn2c(Cc3cc4c(cc3-c3ccco3)OCCO4)nc3c(N)nc(Cl)nc32)CC1. The van der Waals surface area contributed by atoms with Gasteiger partial charge in [-0.05, 0) is 66.6 Å². The van der Waals surface area contributed by atoms with Gasteiger partial charge < -0.3 is 29.1 Å². The highest BCUT2D eigenvalue weighted by atomic mass is 35.5. The van der Waals surface area contributed by atoms with Crippen molar-refractivity contribution in [3.63, 3.8) is 0 Å². The number of carbonyl (C=O) groups is 1. The standard InChI is InChI=1S/C27H29ClN6O4/c1-16(35)33-7-4-17(5-8-33)6-9-34-23(30-24-25(29)31-27(28)32-26(24)34)14-18-13-21-22(38-12-11-37-21)15-19(18)20-3-2-10-36-20/h2-3,10,13,15,17H,4-9,11-12,14H2,1H3,(H2,29,31,32). The first kappa shape index (κ1) is 24.5. The van der Waals surface area contributed by atoms with Crippen LogP contribution >= 0.6 is 11.6 Å². The number of rotatable bonds is 6. The Labute approximate surface area is 224 Å². The number of hydrogen-bond acceptors (Lipinski definition) is 8. The van der Waals surface area contributed by atoms with Crippen LogP contribution in [0.15, 0.2) is 34.9 Å². The maximum atomic E-state index is 11.7. The van der Waals surface area contributed by atoms with Crippen LogP contribution in [0.2, 0.25) is 5.28 Å². The van der Waals surface area contributed by atoms with Gasteiger partial charge in [-0.25, -0.2) is 4.98 Å². The molecule has 38 heavy (non-hydrogen) atoms. The Kier molecular flexibility index (Phi) is 6.57. The van der Waals surface area contributed by atoms with Gasteiger partial charge in [0.15, 0.2) is 28.5 Å². The highest BCUT2D eigenvalue weighted by molar-refractivity contribution is 6.28. The number of imidazole rings is 1. The Bertz CT molecular complexity index is 1480. The van der Waals surface area contributed by atoms with Crippen molar-refractivity contribution in [2.75, 3.05) is 32.0 Å². The summed E-state index contributed by atoms with van der Waals surface area (Å²) >= 11 is 6.21. The zero-order valence-electron chi connectivity index (χ0n) is 21.2. The van der Waals surface area contributed by atoms with Gasteiger partial charge in [-0.2, -0.15) is 9.97 Å². The Morgan fingerprint density at radius 2 is 1.89 bits per heavy atom. The molecule has 2 aliphatic heterocycles. The summed E-state index contributed by atoms with van der Waals surface area (Å²) in [5.41, 5.74) is 9.26. The third-order valence-corrected chi connectivity index (χ3v) is 7.57. The van der Waals surface area contributed by atoms with Crippen LogP contribution in [0.4, 0.5) is 5.82 Å². The molecule has 0 unspecified atom stereocenters. The van der Waals surface area contributed by atoms with E-state index in [4.69, 9.17) is 36.2 Å². The molecule has 0 bridgehead atoms. The smallest absolute Gasteiger partial charge is 0.226 e. The molecular formula is C27H29ClN6O4. The summed E-state index contributed by atoms with van der Waals surface area (Å²) in [6.07, 6.45) is 5.02. The molecule has 10 nitrogen and oxygen atoms in total. The molecule has 1 saturated heterocycles. The van der Waals surface area contributed by atoms with Crippen LogP contribution in [0.3, 0.4) is 0 Å². The lowest BCUT2D eigenvalue weighted by atomic mass is 9.93. The number of aromatic nitrogens is 4. The number of ether oxygens (including phenoxy) is 2. The number of piperidine rings is 1. The van der Waals surface area contributed by atoms with Crippen molar-refractivity contribution in [2.24, 2.45) is 5.92 Å². The number of nitrogens with two attached hydrogens (primary N) is 1. The number of halogens is 1. The number of nitrogen functional groups attached to an aromatic ring is 1. The molecule has 198 valence electrons. The highest BCUT2D eigenvalue weighted by Gasteiger charge is 2.24. The number of furan rings is 1. The van der Waals surface area contributed by atoms with E-state index in [1.807, 2.05) is 29.2 Å². The number of hydrogen-bond donors (Lipinski definition) is 1. The quantitative estimate of drug-likeness (QED) is 0.361. The summed E-state index contributed by atoms with van der Waals surface area (Å²) in [5.74, 6) is 3.82. The largest absolute Gasteiger partial charge is 0.486 e. The molecule has 1 aromatic carbocycles. The lowest BCUT2D eigenvalue weighted by Crippen LogP contribution is -2.37. The van der Waals surface area contributed by atoms with Crippen molar-refractivity contribution in [2.45, 2.75) is 39.2 Å². The van der Waals surface area contributed by atoms with Crippen LogP contribution < -0.4 is 15.2 Å². The van der Waals surface area contributed by atoms with E-state index in [0.29, 0.717) is 54.8 Å². The molecule has 1 amide bonds. The fourth-order valence-electron chi connectivity index (χ4n) is 5.37. The molecule has 0 atom stereocenters. The highest BCUT2D eigenvalue weighted by Crippen LogP contribution is 2.39. The summed E-state index contributed by atoms with van der Waals surface area (Å²) in [5, 5.41) is 0.0908. The number of carbonyl (C=O) groups excluding carboxylic acids is 1. The second kappa shape index (κ2) is 10.2. The van der Waals surface area contributed by atoms with Gasteiger partial charge in [-0.15, -0.1) is 0 Å². The monoisotopic (exact) mass is 536 g/mol. The van der Waals surface area contributed by atoms with Crippen molar-refractivity contribution in [3.8, 4) is 22.8 Å². The van der Waals surface area contributed by atoms with Gasteiger partial charge in [-0.1, -0.05) is 0 Å². The zero-order valence-corrected chi connectivity index (χ0v) is 21.9. The molecule has 2 aliphatic rings. The molecule has 6 rings (SSSR count). The minimum atomic E-state index is 0.0908. The first-order valence-electron chi connectivity index (χ1n) is 12.9. The predicted molar refractivity (Wildman–Crippen MR) is 142 cm³/mol. The van der Waals surface area contributed by atoms with Gasteiger partial charge in [0.25, 0.3) is 0 Å². The van der Waals surface area contributed by atoms with Gasteiger partial charge >= 0.3 is 0 Å². The number of aryl methyl sites for hydroxylation is 1. The third-order valence-electron chi connectivity index (χ3n) is 7.40. The first-order chi connectivity index (χ1) is 18.5. The van der Waals surface area contributed by atoms with Crippen molar-refractivity contribution in [3.05, 3.63) is 47.2 Å². The fraction of sp³-hybridized carbons (Fsp3) is 0.407. The summed E-state index contributed by atoms with van der Waals surface area (Å²) in [6, 6.07) is 7.74. The van der Waals surface area contributed by atoms with E-state index in [9.17, 15) is 4.79 Å². The van der Waals surface area contributed by atoms with E-state index in [1.165, 1.54) is 0 Å². The van der Waals surface area contributed by atoms with Crippen LogP contribution in [0.25, 0.3) is 22.5 Å². The summed E-state index contributed by atoms with van der Waals surface area (Å²) < 4.78 is 19.6. The van der Waals surface area contributed by atoms with Crippen LogP contribution in [0, 0.1) is 5.92 Å². The van der Waals surface area contributed by atoms with E-state index in [2.05, 4.69) is 14.5 Å². The van der Waals surface area contributed by atoms with E-state index < -0.39 is 0 Å². The summed E-state index contributed by atoms with van der Waals surface area (Å²) in [4.78, 5) is 27.2. The molecule has 4 aromatic rings. The van der Waals surface area contributed by atoms with Gasteiger partial charge in [0.05, 0.1) is 6.26 Å². The average Bonchev–Trinajstić information content (AvgIpc) is 3.56. The van der Waals surface area contributed by atoms with E-state index in [0.717, 1.165) is 55.1 Å². The molecule has 11 heteroatoms. The Morgan fingerprint density at radius 3 is 2.61 bits per heavy atom. The number of nitrogens with zero attached hydrogens (tertiary/aromatic N) is 5. The number of likely N-dealkylation sites (tertiary alicyclic amines) is 1. The molecule has 0 aliphatic carbocycles. The summed E-state index contributed by atoms with van der Waals surface area (Å²) in [6.45, 7) is 4.92. The van der Waals surface area contributed by atoms with Crippen molar-refractivity contribution in [1.82, 2.24) is 24.4 Å². The normalized spacial score (nSPS) is 15.8. The second-order valence-electron chi connectivity index (χ2n) is 9.77. The Balaban J connectivity index is 1.35. The number of anilines is 1. The number of amides is 1. The molecule has 3 aromatic heterocycles. The molecule has 0 spiro atoms. The summed E-state index contributed by atoms with van der Waals surface area (Å²) in [7, 11) is 0. The van der Waals surface area contributed by atoms with Crippen LogP contribution in [0.5, 0.6) is 11.5 Å². The zero-order chi connectivity index (χ0) is 26.2. The minimum Gasteiger partial charge on any atom is -0.486 e.